The molecule has 1 amide bonds. The van der Waals surface area contributed by atoms with Crippen molar-refractivity contribution in [1.29, 1.82) is 0 Å². The van der Waals surface area contributed by atoms with E-state index in [2.05, 4.69) is 15.2 Å². The van der Waals surface area contributed by atoms with E-state index in [0.717, 1.165) is 41.7 Å². The van der Waals surface area contributed by atoms with Gasteiger partial charge in [-0.1, -0.05) is 12.1 Å². The number of benzene rings is 2. The maximum Gasteiger partial charge on any atom is 0.221 e. The highest BCUT2D eigenvalue weighted by Gasteiger charge is 2.13. The van der Waals surface area contributed by atoms with Gasteiger partial charge < -0.3 is 15.2 Å². The first kappa shape index (κ1) is 17.7. The standard InChI is InChI=1S/C22H24FN3O/c23-20-5-3-16(15-25-22(27)8-12-26-10-1-2-11-26)13-19(20)17-4-6-21-18(14-17)7-9-24-21/h3-7,9,13-14,24H,1-2,8,10-12,15H2,(H,25,27). The van der Waals surface area contributed by atoms with Crippen LogP contribution in [0.1, 0.15) is 24.8 Å². The van der Waals surface area contributed by atoms with E-state index in [9.17, 15) is 9.18 Å². The van der Waals surface area contributed by atoms with Crippen molar-refractivity contribution < 1.29 is 9.18 Å². The third-order valence-corrected chi connectivity index (χ3v) is 5.24. The number of likely N-dealkylation sites (tertiary alicyclic amines) is 1. The number of carbonyl (C=O) groups is 1. The van der Waals surface area contributed by atoms with Crippen LogP contribution in [0.3, 0.4) is 0 Å². The van der Waals surface area contributed by atoms with Gasteiger partial charge in [-0.2, -0.15) is 0 Å². The van der Waals surface area contributed by atoms with Crippen LogP contribution < -0.4 is 5.32 Å². The predicted octanol–water partition coefficient (Wildman–Crippen LogP) is 4.08. The molecule has 0 unspecified atom stereocenters. The maximum atomic E-state index is 14.4. The second-order valence-corrected chi connectivity index (χ2v) is 7.17. The highest BCUT2D eigenvalue weighted by atomic mass is 19.1. The molecule has 1 fully saturated rings. The Hall–Kier alpha value is -2.66. The summed E-state index contributed by atoms with van der Waals surface area (Å²) in [7, 11) is 0. The van der Waals surface area contributed by atoms with E-state index in [1.54, 1.807) is 6.07 Å². The van der Waals surface area contributed by atoms with Gasteiger partial charge in [0.2, 0.25) is 5.91 Å². The number of aromatic nitrogens is 1. The molecule has 0 aliphatic carbocycles. The lowest BCUT2D eigenvalue weighted by Gasteiger charge is -2.14. The van der Waals surface area contributed by atoms with Crippen molar-refractivity contribution in [1.82, 2.24) is 15.2 Å². The number of hydrogen-bond donors (Lipinski definition) is 2. The van der Waals surface area contributed by atoms with Crippen molar-refractivity contribution in [2.24, 2.45) is 0 Å². The molecule has 2 aromatic carbocycles. The summed E-state index contributed by atoms with van der Waals surface area (Å²) in [6.07, 6.45) is 4.85. The number of amides is 1. The lowest BCUT2D eigenvalue weighted by atomic mass is 10.0. The summed E-state index contributed by atoms with van der Waals surface area (Å²) in [6.45, 7) is 3.43. The fourth-order valence-electron chi connectivity index (χ4n) is 3.68. The average Bonchev–Trinajstić information content (AvgIpc) is 3.36. The molecule has 0 saturated carbocycles. The third kappa shape index (κ3) is 4.19. The minimum atomic E-state index is -0.256. The van der Waals surface area contributed by atoms with Gasteiger partial charge in [0, 0.05) is 36.8 Å². The number of H-pyrrole nitrogens is 1. The van der Waals surface area contributed by atoms with Gasteiger partial charge in [-0.3, -0.25) is 4.79 Å². The quantitative estimate of drug-likeness (QED) is 0.692. The maximum absolute atomic E-state index is 14.4. The Morgan fingerprint density at radius 2 is 1.96 bits per heavy atom. The molecule has 1 saturated heterocycles. The molecule has 140 valence electrons. The first-order valence-electron chi connectivity index (χ1n) is 9.54. The number of rotatable bonds is 6. The van der Waals surface area contributed by atoms with Crippen LogP contribution in [0, 0.1) is 5.82 Å². The lowest BCUT2D eigenvalue weighted by molar-refractivity contribution is -0.121. The van der Waals surface area contributed by atoms with Gasteiger partial charge in [0.25, 0.3) is 0 Å². The first-order valence-corrected chi connectivity index (χ1v) is 9.54. The first-order chi connectivity index (χ1) is 13.2. The SMILES string of the molecule is O=C(CCN1CCCC1)NCc1ccc(F)c(-c2ccc3[nH]ccc3c2)c1. The van der Waals surface area contributed by atoms with Crippen molar-refractivity contribution in [3.63, 3.8) is 0 Å². The Morgan fingerprint density at radius 1 is 1.11 bits per heavy atom. The zero-order chi connectivity index (χ0) is 18.6. The Balaban J connectivity index is 1.41. The van der Waals surface area contributed by atoms with Gasteiger partial charge in [0.15, 0.2) is 0 Å². The van der Waals surface area contributed by atoms with E-state index >= 15 is 0 Å². The second kappa shape index (κ2) is 7.92. The molecule has 1 aliphatic rings. The number of fused-ring (bicyclic) bond motifs is 1. The molecule has 1 aromatic heterocycles. The molecule has 2 heterocycles. The molecule has 1 aliphatic heterocycles. The Morgan fingerprint density at radius 3 is 2.81 bits per heavy atom. The largest absolute Gasteiger partial charge is 0.361 e. The van der Waals surface area contributed by atoms with Crippen molar-refractivity contribution in [3.05, 3.63) is 60.0 Å². The molecule has 4 rings (SSSR count). The Kier molecular flexibility index (Phi) is 5.21. The molecule has 0 spiro atoms. The summed E-state index contributed by atoms with van der Waals surface area (Å²) in [4.78, 5) is 17.6. The van der Waals surface area contributed by atoms with Crippen LogP contribution in [0.15, 0.2) is 48.7 Å². The van der Waals surface area contributed by atoms with Crippen LogP contribution in [0.5, 0.6) is 0 Å². The van der Waals surface area contributed by atoms with Gasteiger partial charge in [-0.15, -0.1) is 0 Å². The van der Waals surface area contributed by atoms with Crippen molar-refractivity contribution in [2.75, 3.05) is 19.6 Å². The number of carbonyl (C=O) groups excluding carboxylic acids is 1. The summed E-state index contributed by atoms with van der Waals surface area (Å²) in [5.41, 5.74) is 3.32. The van der Waals surface area contributed by atoms with Crippen LogP contribution in [0.2, 0.25) is 0 Å². The molecule has 3 aromatic rings. The zero-order valence-corrected chi connectivity index (χ0v) is 15.3. The number of nitrogens with zero attached hydrogens (tertiary/aromatic N) is 1. The molecule has 27 heavy (non-hydrogen) atoms. The summed E-state index contributed by atoms with van der Waals surface area (Å²) in [5, 5.41) is 4.00. The third-order valence-electron chi connectivity index (χ3n) is 5.24. The Bertz CT molecular complexity index is 944. The molecular formula is C22H24FN3O. The molecule has 0 bridgehead atoms. The number of aromatic amines is 1. The van der Waals surface area contributed by atoms with Gasteiger partial charge in [-0.25, -0.2) is 4.39 Å². The molecule has 2 N–H and O–H groups in total. The monoisotopic (exact) mass is 365 g/mol. The van der Waals surface area contributed by atoms with E-state index in [1.807, 2.05) is 36.5 Å². The van der Waals surface area contributed by atoms with E-state index in [0.29, 0.717) is 18.5 Å². The topological polar surface area (TPSA) is 48.1 Å². The van der Waals surface area contributed by atoms with Crippen LogP contribution in [-0.2, 0) is 11.3 Å². The van der Waals surface area contributed by atoms with Crippen LogP contribution in [0.4, 0.5) is 4.39 Å². The van der Waals surface area contributed by atoms with E-state index in [-0.39, 0.29) is 11.7 Å². The fraction of sp³-hybridized carbons (Fsp3) is 0.318. The molecule has 0 radical (unpaired) electrons. The summed E-state index contributed by atoms with van der Waals surface area (Å²) >= 11 is 0. The normalized spacial score (nSPS) is 14.7. The van der Waals surface area contributed by atoms with E-state index in [1.165, 1.54) is 18.9 Å². The van der Waals surface area contributed by atoms with Gasteiger partial charge in [0.05, 0.1) is 0 Å². The lowest BCUT2D eigenvalue weighted by Crippen LogP contribution is -2.29. The van der Waals surface area contributed by atoms with Crippen molar-refractivity contribution in [2.45, 2.75) is 25.8 Å². The second-order valence-electron chi connectivity index (χ2n) is 7.17. The van der Waals surface area contributed by atoms with Gasteiger partial charge in [-0.05, 0) is 72.8 Å². The predicted molar refractivity (Wildman–Crippen MR) is 106 cm³/mol. The van der Waals surface area contributed by atoms with Gasteiger partial charge in [0.1, 0.15) is 5.82 Å². The number of nitrogens with one attached hydrogen (secondary N) is 2. The highest BCUT2D eigenvalue weighted by molar-refractivity contribution is 5.85. The van der Waals surface area contributed by atoms with E-state index in [4.69, 9.17) is 0 Å². The summed E-state index contributed by atoms with van der Waals surface area (Å²) in [5.74, 6) is -0.212. The summed E-state index contributed by atoms with van der Waals surface area (Å²) < 4.78 is 14.4. The van der Waals surface area contributed by atoms with Crippen LogP contribution in [0.25, 0.3) is 22.0 Å². The van der Waals surface area contributed by atoms with Gasteiger partial charge >= 0.3 is 0 Å². The van der Waals surface area contributed by atoms with Crippen molar-refractivity contribution >= 4 is 16.8 Å². The molecular weight excluding hydrogens is 341 g/mol. The Labute approximate surface area is 158 Å². The minimum Gasteiger partial charge on any atom is -0.361 e. The van der Waals surface area contributed by atoms with Crippen LogP contribution in [-0.4, -0.2) is 35.4 Å². The van der Waals surface area contributed by atoms with E-state index < -0.39 is 0 Å². The number of hydrogen-bond acceptors (Lipinski definition) is 2. The molecule has 5 heteroatoms. The smallest absolute Gasteiger partial charge is 0.221 e. The highest BCUT2D eigenvalue weighted by Crippen LogP contribution is 2.27. The van der Waals surface area contributed by atoms with Crippen molar-refractivity contribution in [3.8, 4) is 11.1 Å². The average molecular weight is 365 g/mol. The summed E-state index contributed by atoms with van der Waals surface area (Å²) in [6, 6.07) is 12.8. The molecule has 0 atom stereocenters. The minimum absolute atomic E-state index is 0.0431. The fourth-order valence-corrected chi connectivity index (χ4v) is 3.68. The zero-order valence-electron chi connectivity index (χ0n) is 15.3. The molecule has 4 nitrogen and oxygen atoms in total. The van der Waals surface area contributed by atoms with Crippen LogP contribution >= 0.6 is 0 Å². The number of halogens is 1.